The summed E-state index contributed by atoms with van der Waals surface area (Å²) in [7, 11) is -3.95. The zero-order valence-corrected chi connectivity index (χ0v) is 15.9. The van der Waals surface area contributed by atoms with E-state index >= 15 is 0 Å². The molecule has 0 bridgehead atoms. The zero-order valence-electron chi connectivity index (χ0n) is 14.3. The van der Waals surface area contributed by atoms with Crippen LogP contribution in [0.15, 0.2) is 42.5 Å². The van der Waals surface area contributed by atoms with Crippen LogP contribution in [0.4, 0.5) is 15.8 Å². The number of sulfonamides is 1. The lowest BCUT2D eigenvalue weighted by Gasteiger charge is -2.20. The molecular weight excluding hydrogens is 395 g/mol. The van der Waals surface area contributed by atoms with E-state index in [1.165, 1.54) is 24.3 Å². The van der Waals surface area contributed by atoms with Crippen LogP contribution in [0.5, 0.6) is 0 Å². The fraction of sp³-hybridized carbons (Fsp3) is 0.235. The number of benzene rings is 2. The Kier molecular flexibility index (Phi) is 5.66. The summed E-state index contributed by atoms with van der Waals surface area (Å²) < 4.78 is 41.6. The van der Waals surface area contributed by atoms with Gasteiger partial charge < -0.3 is 5.32 Å². The minimum Gasteiger partial charge on any atom is -0.323 e. The second kappa shape index (κ2) is 7.81. The van der Waals surface area contributed by atoms with Gasteiger partial charge in [0, 0.05) is 17.3 Å². The Hall–Kier alpha value is -2.20. The average molecular weight is 413 g/mol. The highest BCUT2D eigenvalue weighted by atomic mass is 35.5. The van der Waals surface area contributed by atoms with Gasteiger partial charge in [0.25, 0.3) is 10.0 Å². The Balaban J connectivity index is 1.76. The van der Waals surface area contributed by atoms with Gasteiger partial charge in [-0.25, -0.2) is 18.2 Å². The number of amides is 1. The Labute approximate surface area is 161 Å². The molecule has 1 amide bonds. The molecule has 0 saturated carbocycles. The van der Waals surface area contributed by atoms with Crippen molar-refractivity contribution in [3.8, 4) is 0 Å². The molecule has 1 saturated heterocycles. The van der Waals surface area contributed by atoms with Gasteiger partial charge in [0.15, 0.2) is 5.37 Å². The number of hydrazine groups is 1. The van der Waals surface area contributed by atoms with E-state index in [0.29, 0.717) is 10.7 Å². The molecule has 1 fully saturated rings. The van der Waals surface area contributed by atoms with Crippen LogP contribution in [0.2, 0.25) is 5.02 Å². The molecule has 1 aliphatic heterocycles. The molecule has 4 N–H and O–H groups in total. The summed E-state index contributed by atoms with van der Waals surface area (Å²) in [5.74, 6) is -2.16. The van der Waals surface area contributed by atoms with Gasteiger partial charge in [-0.15, -0.1) is 0 Å². The number of hydrogen-bond donors (Lipinski definition) is 4. The number of carbonyl (C=O) groups excluding carboxylic acids is 1. The number of halogens is 2. The molecule has 0 spiro atoms. The summed E-state index contributed by atoms with van der Waals surface area (Å²) in [5.41, 5.74) is 6.35. The predicted molar refractivity (Wildman–Crippen MR) is 102 cm³/mol. The van der Waals surface area contributed by atoms with Crippen LogP contribution in [-0.4, -0.2) is 26.2 Å². The smallest absolute Gasteiger partial charge is 0.250 e. The maximum absolute atomic E-state index is 13.9. The average Bonchev–Trinajstić information content (AvgIpc) is 3.11. The van der Waals surface area contributed by atoms with Crippen LogP contribution >= 0.6 is 11.6 Å². The SMILES string of the molecule is Cc1ccc(F)c(NC(=O)C2CNNC2S(=O)(=O)Nc2ccc(Cl)cc2)c1. The third kappa shape index (κ3) is 4.56. The van der Waals surface area contributed by atoms with Crippen LogP contribution in [0.1, 0.15) is 5.56 Å². The van der Waals surface area contributed by atoms with Crippen molar-refractivity contribution in [1.82, 2.24) is 10.9 Å². The van der Waals surface area contributed by atoms with E-state index in [4.69, 9.17) is 11.6 Å². The number of hydrogen-bond acceptors (Lipinski definition) is 5. The number of carbonyl (C=O) groups is 1. The van der Waals surface area contributed by atoms with Gasteiger partial charge in [-0.2, -0.15) is 0 Å². The Morgan fingerprint density at radius 1 is 1.22 bits per heavy atom. The van der Waals surface area contributed by atoms with Crippen LogP contribution in [0, 0.1) is 18.7 Å². The summed E-state index contributed by atoms with van der Waals surface area (Å²) in [6.45, 7) is 1.84. The molecule has 0 aliphatic carbocycles. The second-order valence-electron chi connectivity index (χ2n) is 6.18. The molecule has 7 nitrogen and oxygen atoms in total. The fourth-order valence-electron chi connectivity index (χ4n) is 2.71. The van der Waals surface area contributed by atoms with Crippen molar-refractivity contribution in [3.05, 3.63) is 58.9 Å². The Morgan fingerprint density at radius 3 is 2.63 bits per heavy atom. The van der Waals surface area contributed by atoms with Crippen LogP contribution in [-0.2, 0) is 14.8 Å². The van der Waals surface area contributed by atoms with Crippen molar-refractivity contribution in [1.29, 1.82) is 0 Å². The van der Waals surface area contributed by atoms with E-state index in [2.05, 4.69) is 20.9 Å². The molecule has 2 aromatic carbocycles. The molecule has 1 heterocycles. The van der Waals surface area contributed by atoms with Crippen LogP contribution < -0.4 is 20.9 Å². The zero-order chi connectivity index (χ0) is 19.6. The molecule has 10 heteroatoms. The van der Waals surface area contributed by atoms with Crippen molar-refractivity contribution in [2.24, 2.45) is 5.92 Å². The molecule has 2 aromatic rings. The van der Waals surface area contributed by atoms with E-state index < -0.39 is 33.0 Å². The largest absolute Gasteiger partial charge is 0.323 e. The molecule has 1 aliphatic rings. The third-order valence-corrected chi connectivity index (χ3v) is 5.97. The number of nitrogens with one attached hydrogen (secondary N) is 4. The molecule has 0 aromatic heterocycles. The molecular formula is C17H18ClFN4O3S. The standard InChI is InChI=1S/C17H18ClFN4O3S/c1-10-2-7-14(19)15(8-10)21-16(24)13-9-20-22-17(13)27(25,26)23-12-5-3-11(18)4-6-12/h2-8,13,17,20,22-23H,9H2,1H3,(H,21,24). The monoisotopic (exact) mass is 412 g/mol. The van der Waals surface area contributed by atoms with E-state index in [-0.39, 0.29) is 12.2 Å². The van der Waals surface area contributed by atoms with E-state index in [1.807, 2.05) is 0 Å². The summed E-state index contributed by atoms with van der Waals surface area (Å²) in [6, 6.07) is 10.4. The highest BCUT2D eigenvalue weighted by Crippen LogP contribution is 2.22. The van der Waals surface area contributed by atoms with Gasteiger partial charge in [0.1, 0.15) is 5.82 Å². The lowest BCUT2D eigenvalue weighted by atomic mass is 10.1. The van der Waals surface area contributed by atoms with E-state index in [9.17, 15) is 17.6 Å². The first-order chi connectivity index (χ1) is 12.8. The highest BCUT2D eigenvalue weighted by Gasteiger charge is 2.42. The first-order valence-corrected chi connectivity index (χ1v) is 10.0. The highest BCUT2D eigenvalue weighted by molar-refractivity contribution is 7.93. The summed E-state index contributed by atoms with van der Waals surface area (Å²) in [5, 5.41) is 1.70. The second-order valence-corrected chi connectivity index (χ2v) is 8.42. The predicted octanol–water partition coefficient (Wildman–Crippen LogP) is 2.22. The summed E-state index contributed by atoms with van der Waals surface area (Å²) in [4.78, 5) is 12.6. The minimum absolute atomic E-state index is 0.00806. The topological polar surface area (TPSA) is 99.3 Å². The van der Waals surface area contributed by atoms with Gasteiger partial charge >= 0.3 is 0 Å². The van der Waals surface area contributed by atoms with Gasteiger partial charge in [-0.05, 0) is 48.9 Å². The molecule has 27 heavy (non-hydrogen) atoms. The van der Waals surface area contributed by atoms with Gasteiger partial charge in [0.05, 0.1) is 11.6 Å². The summed E-state index contributed by atoms with van der Waals surface area (Å²) in [6.07, 6.45) is 0. The first kappa shape index (κ1) is 19.6. The maximum Gasteiger partial charge on any atom is 0.250 e. The Bertz CT molecular complexity index is 953. The van der Waals surface area contributed by atoms with Crippen molar-refractivity contribution in [3.63, 3.8) is 0 Å². The normalized spacial score (nSPS) is 19.7. The molecule has 144 valence electrons. The minimum atomic E-state index is -3.95. The van der Waals surface area contributed by atoms with Gasteiger partial charge in [0.2, 0.25) is 5.91 Å². The lowest BCUT2D eigenvalue weighted by Crippen LogP contribution is -2.45. The van der Waals surface area contributed by atoms with E-state index in [0.717, 1.165) is 5.56 Å². The third-order valence-electron chi connectivity index (χ3n) is 4.09. The molecule has 0 radical (unpaired) electrons. The number of aryl methyl sites for hydroxylation is 1. The molecule has 2 unspecified atom stereocenters. The van der Waals surface area contributed by atoms with Gasteiger partial charge in [-0.3, -0.25) is 14.9 Å². The van der Waals surface area contributed by atoms with Crippen molar-refractivity contribution >= 4 is 38.9 Å². The Morgan fingerprint density at radius 2 is 1.93 bits per heavy atom. The van der Waals surface area contributed by atoms with Crippen molar-refractivity contribution < 1.29 is 17.6 Å². The van der Waals surface area contributed by atoms with E-state index in [1.54, 1.807) is 25.1 Å². The molecule has 2 atom stereocenters. The van der Waals surface area contributed by atoms with Crippen LogP contribution in [0.3, 0.4) is 0 Å². The fourth-order valence-corrected chi connectivity index (χ4v) is 4.32. The summed E-state index contributed by atoms with van der Waals surface area (Å²) >= 11 is 5.79. The lowest BCUT2D eigenvalue weighted by molar-refractivity contribution is -0.119. The number of anilines is 2. The van der Waals surface area contributed by atoms with Crippen molar-refractivity contribution in [2.75, 3.05) is 16.6 Å². The molecule has 3 rings (SSSR count). The number of rotatable bonds is 5. The first-order valence-electron chi connectivity index (χ1n) is 8.09. The van der Waals surface area contributed by atoms with Crippen molar-refractivity contribution in [2.45, 2.75) is 12.3 Å². The maximum atomic E-state index is 13.9. The van der Waals surface area contributed by atoms with Gasteiger partial charge in [-0.1, -0.05) is 17.7 Å². The van der Waals surface area contributed by atoms with Crippen LogP contribution in [0.25, 0.3) is 0 Å². The quantitative estimate of drug-likeness (QED) is 0.603.